The van der Waals surface area contributed by atoms with Gasteiger partial charge in [0, 0.05) is 37.5 Å². The van der Waals surface area contributed by atoms with E-state index in [2.05, 4.69) is 5.32 Å². The lowest BCUT2D eigenvalue weighted by atomic mass is 9.99. The molecule has 1 saturated heterocycles. The molecule has 1 aromatic rings. The fraction of sp³-hybridized carbons (Fsp3) is 0.538. The number of piperidine rings is 1. The number of hydrogen-bond donors (Lipinski definition) is 1. The van der Waals surface area contributed by atoms with Crippen LogP contribution in [0, 0.1) is 23.4 Å². The molecule has 0 radical (unpaired) electrons. The molecule has 1 fully saturated rings. The number of nitrogens with one attached hydrogen (secondary N) is 1. The van der Waals surface area contributed by atoms with Crippen LogP contribution >= 0.6 is 0 Å². The third kappa shape index (κ3) is 4.10. The summed E-state index contributed by atoms with van der Waals surface area (Å²) in [5.41, 5.74) is 0.142. The molecule has 1 N–H and O–H groups in total. The topological polar surface area (TPSA) is 49.4 Å². The van der Waals surface area contributed by atoms with Crippen LogP contribution in [0.1, 0.15) is 12.8 Å². The van der Waals surface area contributed by atoms with Crippen molar-refractivity contribution in [1.82, 2.24) is 4.31 Å². The Hall–Kier alpha value is -1.28. The van der Waals surface area contributed by atoms with Gasteiger partial charge in [-0.3, -0.25) is 0 Å². The second-order valence-electron chi connectivity index (χ2n) is 5.26. The maximum Gasteiger partial charge on any atom is 0.211 e. The highest BCUT2D eigenvalue weighted by Crippen LogP contribution is 2.21. The normalized spacial score (nSPS) is 20.5. The van der Waals surface area contributed by atoms with E-state index in [4.69, 9.17) is 0 Å². The van der Waals surface area contributed by atoms with Crippen LogP contribution in [0.25, 0.3) is 0 Å². The molecule has 0 amide bonds. The second-order valence-corrected chi connectivity index (χ2v) is 7.25. The third-order valence-corrected chi connectivity index (χ3v) is 4.80. The quantitative estimate of drug-likeness (QED) is 0.865. The molecule has 1 heterocycles. The second kappa shape index (κ2) is 6.23. The van der Waals surface area contributed by atoms with Crippen LogP contribution in [-0.4, -0.2) is 38.6 Å². The molecule has 118 valence electrons. The minimum absolute atomic E-state index is 0.0460. The molecule has 0 spiro atoms. The Morgan fingerprint density at radius 1 is 1.29 bits per heavy atom. The highest BCUT2D eigenvalue weighted by atomic mass is 32.2. The van der Waals surface area contributed by atoms with Crippen molar-refractivity contribution < 1.29 is 21.6 Å². The molecule has 1 atom stereocenters. The molecular formula is C13H17F3N2O2S. The van der Waals surface area contributed by atoms with E-state index in [9.17, 15) is 21.6 Å². The molecule has 0 aromatic heterocycles. The first-order valence-electron chi connectivity index (χ1n) is 6.61. The summed E-state index contributed by atoms with van der Waals surface area (Å²) < 4.78 is 63.4. The van der Waals surface area contributed by atoms with Gasteiger partial charge in [0.2, 0.25) is 10.0 Å². The van der Waals surface area contributed by atoms with Crippen molar-refractivity contribution >= 4 is 15.7 Å². The average Bonchev–Trinajstić information content (AvgIpc) is 2.42. The van der Waals surface area contributed by atoms with Crippen LogP contribution in [0.3, 0.4) is 0 Å². The highest BCUT2D eigenvalue weighted by Gasteiger charge is 2.25. The Labute approximate surface area is 122 Å². The van der Waals surface area contributed by atoms with Crippen molar-refractivity contribution in [2.75, 3.05) is 31.2 Å². The predicted octanol–water partition coefficient (Wildman–Crippen LogP) is 2.19. The van der Waals surface area contributed by atoms with E-state index in [0.29, 0.717) is 19.6 Å². The average molecular weight is 322 g/mol. The standard InChI is InChI=1S/C13H17F3N2O2S/c1-21(19,20)18-4-2-3-9(8-18)7-17-10-5-11(14)13(16)12(15)6-10/h5-6,9,17H,2-4,7-8H2,1H3. The SMILES string of the molecule is CS(=O)(=O)N1CCCC(CNc2cc(F)c(F)c(F)c2)C1. The highest BCUT2D eigenvalue weighted by molar-refractivity contribution is 7.88. The molecule has 8 heteroatoms. The number of halogens is 3. The van der Waals surface area contributed by atoms with Crippen LogP contribution in [0.15, 0.2) is 12.1 Å². The molecule has 1 aromatic carbocycles. The Morgan fingerprint density at radius 2 is 1.90 bits per heavy atom. The third-order valence-electron chi connectivity index (χ3n) is 3.53. The fourth-order valence-corrected chi connectivity index (χ4v) is 3.36. The molecule has 4 nitrogen and oxygen atoms in total. The van der Waals surface area contributed by atoms with Crippen molar-refractivity contribution in [3.05, 3.63) is 29.6 Å². The summed E-state index contributed by atoms with van der Waals surface area (Å²) in [5, 5.41) is 2.83. The van der Waals surface area contributed by atoms with Crippen molar-refractivity contribution in [1.29, 1.82) is 0 Å². The lowest BCUT2D eigenvalue weighted by Gasteiger charge is -2.31. The molecule has 0 aliphatic carbocycles. The van der Waals surface area contributed by atoms with Crippen LogP contribution in [0.2, 0.25) is 0 Å². The predicted molar refractivity (Wildman–Crippen MR) is 73.9 cm³/mol. The van der Waals surface area contributed by atoms with E-state index in [0.717, 1.165) is 31.2 Å². The zero-order valence-electron chi connectivity index (χ0n) is 11.6. The zero-order chi connectivity index (χ0) is 15.6. The summed E-state index contributed by atoms with van der Waals surface area (Å²) in [4.78, 5) is 0. The number of benzene rings is 1. The van der Waals surface area contributed by atoms with Gasteiger partial charge in [0.05, 0.1) is 6.26 Å². The Balaban J connectivity index is 1.97. The lowest BCUT2D eigenvalue weighted by molar-refractivity contribution is 0.276. The minimum atomic E-state index is -3.22. The minimum Gasteiger partial charge on any atom is -0.385 e. The summed E-state index contributed by atoms with van der Waals surface area (Å²) in [6.07, 6.45) is 2.73. The monoisotopic (exact) mass is 322 g/mol. The molecular weight excluding hydrogens is 305 g/mol. The Bertz CT molecular complexity index is 599. The molecule has 1 aliphatic rings. The molecule has 1 aliphatic heterocycles. The molecule has 0 saturated carbocycles. The van der Waals surface area contributed by atoms with Gasteiger partial charge in [-0.2, -0.15) is 0 Å². The van der Waals surface area contributed by atoms with Gasteiger partial charge in [-0.1, -0.05) is 0 Å². The Morgan fingerprint density at radius 3 is 2.48 bits per heavy atom. The van der Waals surface area contributed by atoms with E-state index in [1.165, 1.54) is 4.31 Å². The van der Waals surface area contributed by atoms with Gasteiger partial charge >= 0.3 is 0 Å². The first-order valence-corrected chi connectivity index (χ1v) is 8.45. The van der Waals surface area contributed by atoms with Gasteiger partial charge in [0.15, 0.2) is 17.5 Å². The lowest BCUT2D eigenvalue weighted by Crippen LogP contribution is -2.41. The number of rotatable bonds is 4. The smallest absolute Gasteiger partial charge is 0.211 e. The van der Waals surface area contributed by atoms with Crippen LogP contribution < -0.4 is 5.32 Å². The Kier molecular flexibility index (Phi) is 4.77. The summed E-state index contributed by atoms with van der Waals surface area (Å²) in [5.74, 6) is -3.95. The number of hydrogen-bond acceptors (Lipinski definition) is 3. The van der Waals surface area contributed by atoms with Gasteiger partial charge in [-0.25, -0.2) is 25.9 Å². The van der Waals surface area contributed by atoms with Gasteiger partial charge in [-0.15, -0.1) is 0 Å². The van der Waals surface area contributed by atoms with E-state index >= 15 is 0 Å². The maximum atomic E-state index is 13.1. The van der Waals surface area contributed by atoms with Crippen molar-refractivity contribution in [2.45, 2.75) is 12.8 Å². The number of sulfonamides is 1. The maximum absolute atomic E-state index is 13.1. The molecule has 21 heavy (non-hydrogen) atoms. The molecule has 2 rings (SSSR count). The number of anilines is 1. The first kappa shape index (κ1) is 16.1. The van der Waals surface area contributed by atoms with Gasteiger partial charge in [0.25, 0.3) is 0 Å². The van der Waals surface area contributed by atoms with Crippen molar-refractivity contribution in [2.24, 2.45) is 5.92 Å². The van der Waals surface area contributed by atoms with E-state index in [1.54, 1.807) is 0 Å². The summed E-state index contributed by atoms with van der Waals surface area (Å²) in [6.45, 7) is 1.24. The van der Waals surface area contributed by atoms with Crippen LogP contribution in [0.5, 0.6) is 0 Å². The fourth-order valence-electron chi connectivity index (χ4n) is 2.41. The number of nitrogens with zero attached hydrogens (tertiary/aromatic N) is 1. The van der Waals surface area contributed by atoms with Gasteiger partial charge in [0.1, 0.15) is 0 Å². The van der Waals surface area contributed by atoms with Crippen molar-refractivity contribution in [3.63, 3.8) is 0 Å². The van der Waals surface area contributed by atoms with Crippen molar-refractivity contribution in [3.8, 4) is 0 Å². The van der Waals surface area contributed by atoms with Crippen LogP contribution in [0.4, 0.5) is 18.9 Å². The zero-order valence-corrected chi connectivity index (χ0v) is 12.4. The molecule has 0 bridgehead atoms. The van der Waals surface area contributed by atoms with E-state index < -0.39 is 27.5 Å². The van der Waals surface area contributed by atoms with Crippen LogP contribution in [-0.2, 0) is 10.0 Å². The summed E-state index contributed by atoms with van der Waals surface area (Å²) in [7, 11) is -3.22. The summed E-state index contributed by atoms with van der Waals surface area (Å²) >= 11 is 0. The molecule has 1 unspecified atom stereocenters. The van der Waals surface area contributed by atoms with E-state index in [1.807, 2.05) is 0 Å². The van der Waals surface area contributed by atoms with E-state index in [-0.39, 0.29) is 11.6 Å². The van der Waals surface area contributed by atoms with Gasteiger partial charge in [-0.05, 0) is 18.8 Å². The van der Waals surface area contributed by atoms with Gasteiger partial charge < -0.3 is 5.32 Å². The first-order chi connectivity index (χ1) is 9.77. The largest absolute Gasteiger partial charge is 0.385 e. The summed E-state index contributed by atoms with van der Waals surface area (Å²) in [6, 6.07) is 1.77.